The number of hydrogen-bond donors (Lipinski definition) is 0. The zero-order chi connectivity index (χ0) is 35.1. The van der Waals surface area contributed by atoms with Crippen molar-refractivity contribution < 1.29 is 19.2 Å². The molecule has 0 radical (unpaired) electrons. The molecule has 4 saturated heterocycles. The Morgan fingerprint density at radius 3 is 0.750 bits per heavy atom. The molecule has 48 heavy (non-hydrogen) atoms. The maximum atomic E-state index is 14.8. The third kappa shape index (κ3) is 8.42. The van der Waals surface area contributed by atoms with E-state index in [2.05, 4.69) is 55.4 Å². The Morgan fingerprint density at radius 1 is 0.375 bits per heavy atom. The van der Waals surface area contributed by atoms with Gasteiger partial charge in [0, 0.05) is 65.2 Å². The Hall–Kier alpha value is -2.12. The third-order valence-corrected chi connectivity index (χ3v) is 13.7. The second kappa shape index (κ2) is 17.7. The fourth-order valence-electron chi connectivity index (χ4n) is 10.1. The molecule has 0 bridgehead atoms. The number of carbonyl (C=O) groups excluding carboxylic acids is 4. The maximum Gasteiger partial charge on any atom is 0.227 e. The molecule has 274 valence electrons. The standard InChI is InChI=1S/C40H70N4O4/c1-9-27-19-41(20-28(27)10-2)37(45)17-35(39(47)43-23-31(13-5)32(14-6)24-43)36(40(48)44-25-33(15-7)34(16-8)26-44)18-38(46)42-21-29(11-3)30(12-4)22-42/h27-36H,9-26H2,1-8H3. The zero-order valence-electron chi connectivity index (χ0n) is 31.9. The molecule has 10 atom stereocenters. The summed E-state index contributed by atoms with van der Waals surface area (Å²) in [6.45, 7) is 23.2. The van der Waals surface area contributed by atoms with Crippen molar-refractivity contribution in [3.8, 4) is 0 Å². The molecule has 0 aromatic carbocycles. The SMILES string of the molecule is CCC1CN(C(=O)CC(C(=O)N2CC(CC)C(CC)C2)C(CC(=O)N2CC(CC)C(CC)C2)C(=O)N2CC(CC)C(CC)C2)CC1CC. The Bertz CT molecular complexity index is 965. The molecule has 0 spiro atoms. The van der Waals surface area contributed by atoms with Crippen LogP contribution in [-0.4, -0.2) is 95.6 Å². The summed E-state index contributed by atoms with van der Waals surface area (Å²) < 4.78 is 0. The van der Waals surface area contributed by atoms with Gasteiger partial charge in [-0.05, 0) is 47.3 Å². The van der Waals surface area contributed by atoms with Gasteiger partial charge in [0.05, 0.1) is 11.8 Å². The van der Waals surface area contributed by atoms with Gasteiger partial charge in [-0.1, -0.05) is 107 Å². The van der Waals surface area contributed by atoms with Crippen LogP contribution in [0.3, 0.4) is 0 Å². The van der Waals surface area contributed by atoms with E-state index in [0.29, 0.717) is 73.5 Å². The number of carbonyl (C=O) groups is 4. The largest absolute Gasteiger partial charge is 0.342 e. The molecule has 0 N–H and O–H groups in total. The van der Waals surface area contributed by atoms with Gasteiger partial charge in [0.25, 0.3) is 0 Å². The van der Waals surface area contributed by atoms with E-state index in [1.165, 1.54) is 0 Å². The highest BCUT2D eigenvalue weighted by Crippen LogP contribution is 2.38. The molecule has 4 fully saturated rings. The summed E-state index contributed by atoms with van der Waals surface area (Å²) in [5.41, 5.74) is 0. The second-order valence-electron chi connectivity index (χ2n) is 16.1. The fraction of sp³-hybridized carbons (Fsp3) is 0.900. The minimum absolute atomic E-state index is 0.0108. The van der Waals surface area contributed by atoms with Crippen LogP contribution in [0.2, 0.25) is 0 Å². The molecule has 8 heteroatoms. The van der Waals surface area contributed by atoms with Crippen LogP contribution < -0.4 is 0 Å². The molecular formula is C40H70N4O4. The number of likely N-dealkylation sites (tertiary alicyclic amines) is 4. The lowest BCUT2D eigenvalue weighted by Crippen LogP contribution is -2.48. The summed E-state index contributed by atoms with van der Waals surface area (Å²) in [4.78, 5) is 65.9. The molecule has 0 saturated carbocycles. The van der Waals surface area contributed by atoms with E-state index in [1.807, 2.05) is 19.6 Å². The molecule has 0 aliphatic carbocycles. The first-order valence-electron chi connectivity index (χ1n) is 20.2. The van der Waals surface area contributed by atoms with Crippen molar-refractivity contribution >= 4 is 23.6 Å². The lowest BCUT2D eigenvalue weighted by Gasteiger charge is -2.33. The summed E-state index contributed by atoms with van der Waals surface area (Å²) in [7, 11) is 0. The van der Waals surface area contributed by atoms with Gasteiger partial charge in [-0.15, -0.1) is 0 Å². The molecule has 4 heterocycles. The van der Waals surface area contributed by atoms with Gasteiger partial charge in [-0.25, -0.2) is 0 Å². The van der Waals surface area contributed by atoms with Crippen molar-refractivity contribution in [1.82, 2.24) is 19.6 Å². The van der Waals surface area contributed by atoms with Gasteiger partial charge >= 0.3 is 0 Å². The van der Waals surface area contributed by atoms with Crippen LogP contribution in [-0.2, 0) is 19.2 Å². The monoisotopic (exact) mass is 671 g/mol. The van der Waals surface area contributed by atoms with E-state index in [9.17, 15) is 19.2 Å². The lowest BCUT2D eigenvalue weighted by molar-refractivity contribution is -0.151. The molecule has 0 aromatic heterocycles. The average molecular weight is 671 g/mol. The molecule has 4 aliphatic rings. The highest BCUT2D eigenvalue weighted by molar-refractivity contribution is 5.94. The van der Waals surface area contributed by atoms with E-state index < -0.39 is 11.8 Å². The first kappa shape index (κ1) is 38.7. The van der Waals surface area contributed by atoms with Gasteiger partial charge in [0.2, 0.25) is 23.6 Å². The molecule has 4 aliphatic heterocycles. The molecule has 0 aromatic rings. The van der Waals surface area contributed by atoms with Gasteiger partial charge in [-0.2, -0.15) is 0 Å². The predicted octanol–water partition coefficient (Wildman–Crippen LogP) is 6.58. The van der Waals surface area contributed by atoms with Gasteiger partial charge in [0.15, 0.2) is 0 Å². The summed E-state index contributed by atoms with van der Waals surface area (Å²) in [5, 5.41) is 0. The first-order chi connectivity index (χ1) is 23.1. The Morgan fingerprint density at radius 2 is 0.562 bits per heavy atom. The smallest absolute Gasteiger partial charge is 0.227 e. The van der Waals surface area contributed by atoms with Crippen LogP contribution in [0.25, 0.3) is 0 Å². The molecular weight excluding hydrogens is 600 g/mol. The minimum atomic E-state index is -0.824. The van der Waals surface area contributed by atoms with E-state index in [0.717, 1.165) is 77.5 Å². The summed E-state index contributed by atoms with van der Waals surface area (Å²) >= 11 is 0. The highest BCUT2D eigenvalue weighted by Gasteiger charge is 2.47. The molecule has 8 nitrogen and oxygen atoms in total. The molecule has 4 amide bonds. The van der Waals surface area contributed by atoms with Gasteiger partial charge < -0.3 is 19.6 Å². The summed E-state index contributed by atoms with van der Waals surface area (Å²) in [6, 6.07) is 0. The predicted molar refractivity (Wildman–Crippen MR) is 193 cm³/mol. The maximum absolute atomic E-state index is 14.8. The van der Waals surface area contributed by atoms with Crippen LogP contribution in [0.15, 0.2) is 0 Å². The van der Waals surface area contributed by atoms with Gasteiger partial charge in [0.1, 0.15) is 0 Å². The van der Waals surface area contributed by atoms with Crippen LogP contribution in [0, 0.1) is 59.2 Å². The van der Waals surface area contributed by atoms with E-state index >= 15 is 0 Å². The van der Waals surface area contributed by atoms with Crippen molar-refractivity contribution in [3.63, 3.8) is 0 Å². The van der Waals surface area contributed by atoms with E-state index in [4.69, 9.17) is 0 Å². The Kier molecular flexibility index (Phi) is 14.3. The Balaban J connectivity index is 1.68. The third-order valence-electron chi connectivity index (χ3n) is 13.7. The van der Waals surface area contributed by atoms with Crippen molar-refractivity contribution in [2.45, 2.75) is 120 Å². The number of rotatable bonds is 15. The number of amides is 4. The van der Waals surface area contributed by atoms with Crippen LogP contribution >= 0.6 is 0 Å². The topological polar surface area (TPSA) is 81.2 Å². The lowest BCUT2D eigenvalue weighted by atomic mass is 9.83. The van der Waals surface area contributed by atoms with Crippen molar-refractivity contribution in [2.75, 3.05) is 52.4 Å². The Labute approximate surface area is 293 Å². The summed E-state index contributed by atoms with van der Waals surface area (Å²) in [6.07, 6.45) is 8.18. The average Bonchev–Trinajstić information content (AvgIpc) is 3.91. The zero-order valence-corrected chi connectivity index (χ0v) is 31.9. The van der Waals surface area contributed by atoms with Crippen LogP contribution in [0.4, 0.5) is 0 Å². The number of hydrogen-bond acceptors (Lipinski definition) is 4. The highest BCUT2D eigenvalue weighted by atomic mass is 16.2. The van der Waals surface area contributed by atoms with E-state index in [-0.39, 0.29) is 36.5 Å². The van der Waals surface area contributed by atoms with Gasteiger partial charge in [-0.3, -0.25) is 19.2 Å². The summed E-state index contributed by atoms with van der Waals surface area (Å²) in [5.74, 6) is 1.72. The molecule has 4 rings (SSSR count). The number of nitrogens with zero attached hydrogens (tertiary/aromatic N) is 4. The van der Waals surface area contributed by atoms with Crippen LogP contribution in [0.5, 0.6) is 0 Å². The van der Waals surface area contributed by atoms with Crippen LogP contribution in [0.1, 0.15) is 120 Å². The van der Waals surface area contributed by atoms with Crippen molar-refractivity contribution in [2.24, 2.45) is 59.2 Å². The van der Waals surface area contributed by atoms with Crippen molar-refractivity contribution in [3.05, 3.63) is 0 Å². The normalized spacial score (nSPS) is 31.9. The fourth-order valence-corrected chi connectivity index (χ4v) is 10.1. The quantitative estimate of drug-likeness (QED) is 0.197. The minimum Gasteiger partial charge on any atom is -0.342 e. The van der Waals surface area contributed by atoms with E-state index in [1.54, 1.807) is 0 Å². The first-order valence-corrected chi connectivity index (χ1v) is 20.2. The molecule has 10 unspecified atom stereocenters. The second-order valence-corrected chi connectivity index (χ2v) is 16.1. The van der Waals surface area contributed by atoms with Crippen molar-refractivity contribution in [1.29, 1.82) is 0 Å².